The van der Waals surface area contributed by atoms with Crippen LogP contribution >= 0.6 is 0 Å². The molecule has 0 fully saturated rings. The smallest absolute Gasteiger partial charge is 0.331 e. The van der Waals surface area contributed by atoms with Gasteiger partial charge in [-0.05, 0) is 31.4 Å². The van der Waals surface area contributed by atoms with Gasteiger partial charge >= 0.3 is 5.97 Å². The fourth-order valence-corrected chi connectivity index (χ4v) is 2.22. The molecule has 0 saturated carbocycles. The van der Waals surface area contributed by atoms with Crippen molar-refractivity contribution in [2.75, 3.05) is 12.4 Å². The van der Waals surface area contributed by atoms with E-state index in [1.54, 1.807) is 0 Å². The zero-order valence-electron chi connectivity index (χ0n) is 11.7. The van der Waals surface area contributed by atoms with E-state index >= 15 is 0 Å². The predicted octanol–water partition coefficient (Wildman–Crippen LogP) is 3.53. The molecule has 1 aromatic rings. The molecule has 0 radical (unpaired) electrons. The highest BCUT2D eigenvalue weighted by Crippen LogP contribution is 2.27. The molecule has 0 saturated heterocycles. The topological polar surface area (TPSA) is 38.3 Å². The van der Waals surface area contributed by atoms with E-state index in [4.69, 9.17) is 4.74 Å². The Hall–Kier alpha value is -1.51. The van der Waals surface area contributed by atoms with Crippen LogP contribution in [-0.2, 0) is 9.53 Å². The van der Waals surface area contributed by atoms with Crippen molar-refractivity contribution in [3.05, 3.63) is 29.8 Å². The van der Waals surface area contributed by atoms with Crippen molar-refractivity contribution in [2.45, 2.75) is 45.6 Å². The standard InChI is InChI=1S/C15H23NO2/c1-5-11-15(6-2,14(17)18-4)16-13-10-8-7-9-12(13)3/h7-10,16H,5-6,11H2,1-4H3. The van der Waals surface area contributed by atoms with Crippen LogP contribution in [0.1, 0.15) is 38.7 Å². The SMILES string of the molecule is CCCC(CC)(Nc1ccccc1C)C(=O)OC. The summed E-state index contributed by atoms with van der Waals surface area (Å²) >= 11 is 0. The van der Waals surface area contributed by atoms with Crippen LogP contribution in [0.2, 0.25) is 0 Å². The van der Waals surface area contributed by atoms with E-state index in [2.05, 4.69) is 12.2 Å². The van der Waals surface area contributed by atoms with Crippen LogP contribution < -0.4 is 5.32 Å². The average Bonchev–Trinajstić information content (AvgIpc) is 2.39. The minimum atomic E-state index is -0.615. The predicted molar refractivity (Wildman–Crippen MR) is 74.7 cm³/mol. The van der Waals surface area contributed by atoms with Crippen molar-refractivity contribution in [3.63, 3.8) is 0 Å². The van der Waals surface area contributed by atoms with Gasteiger partial charge in [-0.2, -0.15) is 0 Å². The zero-order valence-corrected chi connectivity index (χ0v) is 11.7. The molecule has 1 atom stereocenters. The number of carbonyl (C=O) groups is 1. The number of rotatable bonds is 6. The molecule has 1 rings (SSSR count). The first kappa shape index (κ1) is 14.6. The first-order valence-electron chi connectivity index (χ1n) is 6.52. The molecule has 0 bridgehead atoms. The molecule has 0 heterocycles. The van der Waals surface area contributed by atoms with Crippen molar-refractivity contribution >= 4 is 11.7 Å². The lowest BCUT2D eigenvalue weighted by Gasteiger charge is -2.32. The third-order valence-corrected chi connectivity index (χ3v) is 3.38. The number of hydrogen-bond donors (Lipinski definition) is 1. The normalized spacial score (nSPS) is 13.8. The molecule has 0 amide bonds. The summed E-state index contributed by atoms with van der Waals surface area (Å²) in [4.78, 5) is 12.1. The van der Waals surface area contributed by atoms with Gasteiger partial charge in [0.15, 0.2) is 0 Å². The van der Waals surface area contributed by atoms with Crippen LogP contribution in [0.25, 0.3) is 0 Å². The third kappa shape index (κ3) is 3.03. The van der Waals surface area contributed by atoms with Crippen molar-refractivity contribution in [1.29, 1.82) is 0 Å². The zero-order chi connectivity index (χ0) is 13.6. The number of anilines is 1. The molecule has 3 heteroatoms. The first-order valence-corrected chi connectivity index (χ1v) is 6.52. The van der Waals surface area contributed by atoms with Crippen LogP contribution in [0.4, 0.5) is 5.69 Å². The number of methoxy groups -OCH3 is 1. The number of para-hydroxylation sites is 1. The Balaban J connectivity index is 3.04. The molecule has 0 aliphatic heterocycles. The van der Waals surface area contributed by atoms with Gasteiger partial charge in [0.25, 0.3) is 0 Å². The van der Waals surface area contributed by atoms with Gasteiger partial charge in [-0.3, -0.25) is 0 Å². The van der Waals surface area contributed by atoms with Crippen LogP contribution in [0.5, 0.6) is 0 Å². The largest absolute Gasteiger partial charge is 0.467 e. The van der Waals surface area contributed by atoms with E-state index in [1.165, 1.54) is 7.11 Å². The summed E-state index contributed by atoms with van der Waals surface area (Å²) in [7, 11) is 1.45. The minimum Gasteiger partial charge on any atom is -0.467 e. The molecule has 0 aliphatic carbocycles. The van der Waals surface area contributed by atoms with Gasteiger partial charge in [0, 0.05) is 5.69 Å². The third-order valence-electron chi connectivity index (χ3n) is 3.38. The van der Waals surface area contributed by atoms with Gasteiger partial charge in [-0.25, -0.2) is 4.79 Å². The summed E-state index contributed by atoms with van der Waals surface area (Å²) in [5.74, 6) is -0.185. The molecular formula is C15H23NO2. The number of aryl methyl sites for hydroxylation is 1. The molecule has 3 nitrogen and oxygen atoms in total. The maximum absolute atomic E-state index is 12.1. The fourth-order valence-electron chi connectivity index (χ4n) is 2.22. The average molecular weight is 249 g/mol. The Morgan fingerprint density at radius 1 is 1.33 bits per heavy atom. The number of carbonyl (C=O) groups excluding carboxylic acids is 1. The van der Waals surface area contributed by atoms with Crippen LogP contribution in [0.15, 0.2) is 24.3 Å². The molecule has 18 heavy (non-hydrogen) atoms. The second-order valence-corrected chi connectivity index (χ2v) is 4.62. The van der Waals surface area contributed by atoms with E-state index in [0.717, 1.165) is 24.1 Å². The molecule has 0 aromatic heterocycles. The quantitative estimate of drug-likeness (QED) is 0.784. The van der Waals surface area contributed by atoms with Crippen LogP contribution in [0.3, 0.4) is 0 Å². The lowest BCUT2D eigenvalue weighted by atomic mass is 9.90. The van der Waals surface area contributed by atoms with Crippen molar-refractivity contribution < 1.29 is 9.53 Å². The number of hydrogen-bond acceptors (Lipinski definition) is 3. The molecule has 1 unspecified atom stereocenters. The van der Waals surface area contributed by atoms with Crippen LogP contribution in [0, 0.1) is 6.92 Å². The molecule has 1 N–H and O–H groups in total. The Bertz CT molecular complexity index is 403. The Morgan fingerprint density at radius 3 is 2.50 bits per heavy atom. The Labute approximate surface area is 110 Å². The van der Waals surface area contributed by atoms with E-state index in [-0.39, 0.29) is 5.97 Å². The Morgan fingerprint density at radius 2 is 2.00 bits per heavy atom. The summed E-state index contributed by atoms with van der Waals surface area (Å²) in [5, 5.41) is 3.39. The van der Waals surface area contributed by atoms with Crippen molar-refractivity contribution in [3.8, 4) is 0 Å². The highest BCUT2D eigenvalue weighted by atomic mass is 16.5. The summed E-state index contributed by atoms with van der Waals surface area (Å²) in [6, 6.07) is 8.00. The molecule has 1 aromatic carbocycles. The van der Waals surface area contributed by atoms with Gasteiger partial charge in [-0.15, -0.1) is 0 Å². The molecule has 0 aliphatic rings. The molecule has 100 valence electrons. The van der Waals surface area contributed by atoms with Crippen molar-refractivity contribution in [1.82, 2.24) is 0 Å². The maximum atomic E-state index is 12.1. The highest BCUT2D eigenvalue weighted by molar-refractivity contribution is 5.84. The summed E-state index contributed by atoms with van der Waals surface area (Å²) in [6.07, 6.45) is 2.41. The minimum absolute atomic E-state index is 0.185. The monoisotopic (exact) mass is 249 g/mol. The second kappa shape index (κ2) is 6.43. The molecule has 0 spiro atoms. The first-order chi connectivity index (χ1) is 8.59. The number of esters is 1. The van der Waals surface area contributed by atoms with E-state index in [1.807, 2.05) is 38.1 Å². The summed E-state index contributed by atoms with van der Waals surface area (Å²) < 4.78 is 4.97. The second-order valence-electron chi connectivity index (χ2n) is 4.62. The van der Waals surface area contributed by atoms with Gasteiger partial charge in [0.1, 0.15) is 5.54 Å². The van der Waals surface area contributed by atoms with Crippen molar-refractivity contribution in [2.24, 2.45) is 0 Å². The number of ether oxygens (including phenoxy) is 1. The Kier molecular flexibility index (Phi) is 5.20. The van der Waals surface area contributed by atoms with E-state index in [0.29, 0.717) is 6.42 Å². The lowest BCUT2D eigenvalue weighted by molar-refractivity contribution is -0.146. The highest BCUT2D eigenvalue weighted by Gasteiger charge is 2.37. The fraction of sp³-hybridized carbons (Fsp3) is 0.533. The number of nitrogens with one attached hydrogen (secondary N) is 1. The van der Waals surface area contributed by atoms with Gasteiger partial charge < -0.3 is 10.1 Å². The van der Waals surface area contributed by atoms with Gasteiger partial charge in [0.2, 0.25) is 0 Å². The summed E-state index contributed by atoms with van der Waals surface area (Å²) in [6.45, 7) is 6.12. The summed E-state index contributed by atoms with van der Waals surface area (Å²) in [5.41, 5.74) is 1.52. The van der Waals surface area contributed by atoms with E-state index in [9.17, 15) is 4.79 Å². The van der Waals surface area contributed by atoms with E-state index < -0.39 is 5.54 Å². The lowest BCUT2D eigenvalue weighted by Crippen LogP contribution is -2.46. The van der Waals surface area contributed by atoms with Crippen LogP contribution in [-0.4, -0.2) is 18.6 Å². The number of benzene rings is 1. The maximum Gasteiger partial charge on any atom is 0.331 e. The van der Waals surface area contributed by atoms with Gasteiger partial charge in [-0.1, -0.05) is 38.5 Å². The molecular weight excluding hydrogens is 226 g/mol. The van der Waals surface area contributed by atoms with Gasteiger partial charge in [0.05, 0.1) is 7.11 Å².